The van der Waals surface area contributed by atoms with Crippen LogP contribution in [0.25, 0.3) is 0 Å². The lowest BCUT2D eigenvalue weighted by atomic mass is 10.2. The van der Waals surface area contributed by atoms with Gasteiger partial charge < -0.3 is 14.7 Å². The van der Waals surface area contributed by atoms with Crippen LogP contribution in [0.3, 0.4) is 0 Å². The molecule has 1 aliphatic rings. The number of esters is 1. The van der Waals surface area contributed by atoms with Crippen molar-refractivity contribution in [2.24, 2.45) is 5.16 Å². The van der Waals surface area contributed by atoms with Gasteiger partial charge >= 0.3 is 11.9 Å². The Morgan fingerprint density at radius 1 is 1.75 bits per heavy atom. The highest BCUT2D eigenvalue weighted by molar-refractivity contribution is 6.37. The predicted octanol–water partition coefficient (Wildman–Crippen LogP) is -0.611. The van der Waals surface area contributed by atoms with Crippen molar-refractivity contribution in [3.8, 4) is 0 Å². The summed E-state index contributed by atoms with van der Waals surface area (Å²) >= 11 is 0. The van der Waals surface area contributed by atoms with Crippen LogP contribution in [0.1, 0.15) is 6.42 Å². The van der Waals surface area contributed by atoms with Gasteiger partial charge in [0.15, 0.2) is 5.71 Å². The number of carboxylic acid groups (broad SMARTS) is 1. The van der Waals surface area contributed by atoms with E-state index in [0.29, 0.717) is 0 Å². The summed E-state index contributed by atoms with van der Waals surface area (Å²) in [6.45, 7) is 0. The van der Waals surface area contributed by atoms with Gasteiger partial charge in [0.1, 0.15) is 0 Å². The highest BCUT2D eigenvalue weighted by Gasteiger charge is 2.31. The summed E-state index contributed by atoms with van der Waals surface area (Å²) in [5, 5.41) is 11.7. The predicted molar refractivity (Wildman–Crippen MR) is 36.6 cm³/mol. The molecule has 1 rings (SSSR count). The van der Waals surface area contributed by atoms with Crippen LogP contribution in [0.2, 0.25) is 0 Å². The smallest absolute Gasteiger partial charge is 0.355 e. The van der Waals surface area contributed by atoms with Crippen LogP contribution in [-0.2, 0) is 19.2 Å². The maximum atomic E-state index is 10.8. The highest BCUT2D eigenvalue weighted by atomic mass is 16.7. The molecule has 1 N–H and O–H groups in total. The molecule has 66 valence electrons. The molecular weight excluding hydrogens is 166 g/mol. The molecule has 1 heterocycles. The molecule has 0 saturated heterocycles. The van der Waals surface area contributed by atoms with Gasteiger partial charge in [-0.3, -0.25) is 0 Å². The second-order valence-corrected chi connectivity index (χ2v) is 2.17. The third kappa shape index (κ3) is 1.52. The minimum Gasteiger partial charge on any atom is -0.478 e. The molecule has 0 saturated carbocycles. The molecule has 6 nitrogen and oxygen atoms in total. The van der Waals surface area contributed by atoms with Crippen molar-refractivity contribution in [1.29, 1.82) is 0 Å². The van der Waals surface area contributed by atoms with E-state index in [0.717, 1.165) is 0 Å². The monoisotopic (exact) mass is 173 g/mol. The summed E-state index contributed by atoms with van der Waals surface area (Å²) in [4.78, 5) is 25.5. The first-order valence-electron chi connectivity index (χ1n) is 3.19. The van der Waals surface area contributed by atoms with E-state index in [4.69, 9.17) is 5.11 Å². The maximum Gasteiger partial charge on any atom is 0.355 e. The van der Waals surface area contributed by atoms with E-state index < -0.39 is 18.0 Å². The quantitative estimate of drug-likeness (QED) is 0.563. The number of aliphatic carboxylic acids is 1. The standard InChI is InChI=1S/C6H7NO5/c1-11-6(10)3-2-4(5(8)9)12-7-3/h4H,2H2,1H3,(H,8,9)/t4-/m1/s1. The number of hydrogen-bond acceptors (Lipinski definition) is 5. The number of carboxylic acids is 1. The number of carbonyl (C=O) groups is 2. The molecular formula is C6H7NO5. The summed E-state index contributed by atoms with van der Waals surface area (Å²) in [5.74, 6) is -1.79. The SMILES string of the molecule is COC(=O)C1=NO[C@@H](C(=O)O)C1. The number of ether oxygens (including phenoxy) is 1. The number of nitrogens with zero attached hydrogens (tertiary/aromatic N) is 1. The minimum absolute atomic E-state index is 0.00454. The van der Waals surface area contributed by atoms with Crippen molar-refractivity contribution in [3.05, 3.63) is 0 Å². The summed E-state index contributed by atoms with van der Waals surface area (Å²) in [5.41, 5.74) is 0.00454. The van der Waals surface area contributed by atoms with E-state index in [1.165, 1.54) is 7.11 Å². The van der Waals surface area contributed by atoms with Gasteiger partial charge in [-0.2, -0.15) is 0 Å². The Kier molecular flexibility index (Phi) is 2.27. The molecule has 1 aliphatic heterocycles. The lowest BCUT2D eigenvalue weighted by Crippen LogP contribution is -2.22. The first kappa shape index (κ1) is 8.51. The highest BCUT2D eigenvalue weighted by Crippen LogP contribution is 2.10. The van der Waals surface area contributed by atoms with E-state index in [9.17, 15) is 9.59 Å². The van der Waals surface area contributed by atoms with Gasteiger partial charge in [0.25, 0.3) is 0 Å². The summed E-state index contributed by atoms with van der Waals surface area (Å²) in [6, 6.07) is 0. The van der Waals surface area contributed by atoms with E-state index in [1.54, 1.807) is 0 Å². The molecule has 0 amide bonds. The van der Waals surface area contributed by atoms with Gasteiger partial charge in [-0.05, 0) is 0 Å². The van der Waals surface area contributed by atoms with Crippen LogP contribution < -0.4 is 0 Å². The van der Waals surface area contributed by atoms with Crippen molar-refractivity contribution >= 4 is 17.7 Å². The van der Waals surface area contributed by atoms with E-state index in [2.05, 4.69) is 14.7 Å². The average molecular weight is 173 g/mol. The third-order valence-electron chi connectivity index (χ3n) is 1.37. The molecule has 0 aromatic carbocycles. The van der Waals surface area contributed by atoms with E-state index in [-0.39, 0.29) is 12.1 Å². The average Bonchev–Trinajstić information content (AvgIpc) is 2.51. The van der Waals surface area contributed by atoms with E-state index >= 15 is 0 Å². The molecule has 1 atom stereocenters. The number of oxime groups is 1. The van der Waals surface area contributed by atoms with Crippen LogP contribution in [0.4, 0.5) is 0 Å². The van der Waals surface area contributed by atoms with Crippen molar-refractivity contribution in [1.82, 2.24) is 0 Å². The number of methoxy groups -OCH3 is 1. The molecule has 0 aromatic rings. The fourth-order valence-corrected chi connectivity index (χ4v) is 0.748. The molecule has 0 radical (unpaired) electrons. The molecule has 0 fully saturated rings. The molecule has 6 heteroatoms. The van der Waals surface area contributed by atoms with Crippen LogP contribution >= 0.6 is 0 Å². The van der Waals surface area contributed by atoms with Gasteiger partial charge in [0, 0.05) is 0 Å². The number of carbonyl (C=O) groups excluding carboxylic acids is 1. The Morgan fingerprint density at radius 3 is 2.83 bits per heavy atom. The zero-order valence-corrected chi connectivity index (χ0v) is 6.31. The largest absolute Gasteiger partial charge is 0.478 e. The second kappa shape index (κ2) is 3.21. The summed E-state index contributed by atoms with van der Waals surface area (Å²) in [7, 11) is 1.19. The minimum atomic E-state index is -1.14. The van der Waals surface area contributed by atoms with Crippen LogP contribution in [0, 0.1) is 0 Å². The van der Waals surface area contributed by atoms with Crippen LogP contribution in [0.5, 0.6) is 0 Å². The van der Waals surface area contributed by atoms with E-state index in [1.807, 2.05) is 0 Å². The number of hydrogen-bond donors (Lipinski definition) is 1. The zero-order chi connectivity index (χ0) is 9.14. The molecule has 0 aromatic heterocycles. The lowest BCUT2D eigenvalue weighted by Gasteiger charge is -1.98. The van der Waals surface area contributed by atoms with Crippen molar-refractivity contribution in [2.45, 2.75) is 12.5 Å². The maximum absolute atomic E-state index is 10.8. The first-order chi connectivity index (χ1) is 5.65. The number of rotatable bonds is 2. The fourth-order valence-electron chi connectivity index (χ4n) is 0.748. The van der Waals surface area contributed by atoms with Gasteiger partial charge in [-0.1, -0.05) is 5.16 Å². The molecule has 0 bridgehead atoms. The third-order valence-corrected chi connectivity index (χ3v) is 1.37. The topological polar surface area (TPSA) is 85.2 Å². The van der Waals surface area contributed by atoms with Crippen LogP contribution in [0.15, 0.2) is 5.16 Å². The fraction of sp³-hybridized carbons (Fsp3) is 0.500. The second-order valence-electron chi connectivity index (χ2n) is 2.17. The Hall–Kier alpha value is -1.59. The molecule has 0 spiro atoms. The Balaban J connectivity index is 2.54. The Morgan fingerprint density at radius 2 is 2.42 bits per heavy atom. The first-order valence-corrected chi connectivity index (χ1v) is 3.19. The van der Waals surface area contributed by atoms with Crippen molar-refractivity contribution in [2.75, 3.05) is 7.11 Å². The normalized spacial score (nSPS) is 21.1. The van der Waals surface area contributed by atoms with Gasteiger partial charge in [0.05, 0.1) is 13.5 Å². The molecule has 12 heavy (non-hydrogen) atoms. The van der Waals surface area contributed by atoms with Gasteiger partial charge in [-0.25, -0.2) is 9.59 Å². The van der Waals surface area contributed by atoms with Crippen molar-refractivity contribution in [3.63, 3.8) is 0 Å². The van der Waals surface area contributed by atoms with Crippen LogP contribution in [-0.4, -0.2) is 36.0 Å². The Bertz CT molecular complexity index is 246. The summed E-state index contributed by atoms with van der Waals surface area (Å²) < 4.78 is 4.32. The van der Waals surface area contributed by atoms with Gasteiger partial charge in [0.2, 0.25) is 6.10 Å². The lowest BCUT2D eigenvalue weighted by molar-refractivity contribution is -0.148. The molecule has 0 unspecified atom stereocenters. The Labute approximate surface area is 67.8 Å². The molecule has 0 aliphatic carbocycles. The summed E-state index contributed by atoms with van der Waals surface area (Å²) in [6.07, 6.45) is -1.10. The van der Waals surface area contributed by atoms with Gasteiger partial charge in [-0.15, -0.1) is 0 Å². The van der Waals surface area contributed by atoms with Crippen molar-refractivity contribution < 1.29 is 24.3 Å². The zero-order valence-electron chi connectivity index (χ0n) is 6.31.